The van der Waals surface area contributed by atoms with Gasteiger partial charge in [0.2, 0.25) is 5.78 Å². The summed E-state index contributed by atoms with van der Waals surface area (Å²) in [6.07, 6.45) is 0. The lowest BCUT2D eigenvalue weighted by atomic mass is 10.2. The molecule has 4 rings (SSSR count). The minimum absolute atomic E-state index is 0.0522. The van der Waals surface area contributed by atoms with Crippen molar-refractivity contribution in [1.82, 2.24) is 19.2 Å². The molecule has 0 atom stereocenters. The second-order valence-electron chi connectivity index (χ2n) is 5.65. The Morgan fingerprint density at radius 3 is 2.64 bits per heavy atom. The molecule has 0 unspecified atom stereocenters. The van der Waals surface area contributed by atoms with Crippen LogP contribution in [0.15, 0.2) is 53.3 Å². The van der Waals surface area contributed by atoms with E-state index in [1.54, 1.807) is 4.57 Å². The highest BCUT2D eigenvalue weighted by molar-refractivity contribution is 6.33. The third-order valence-corrected chi connectivity index (χ3v) is 4.53. The number of hydrogen-bond acceptors (Lipinski definition) is 4. The van der Waals surface area contributed by atoms with Crippen LogP contribution in [0.2, 0.25) is 5.02 Å². The van der Waals surface area contributed by atoms with Crippen LogP contribution < -0.4 is 10.9 Å². The Balaban J connectivity index is 1.87. The van der Waals surface area contributed by atoms with Crippen LogP contribution in [-0.2, 0) is 13.1 Å². The molecule has 0 fully saturated rings. The topological polar surface area (TPSA) is 64.2 Å². The second kappa shape index (κ2) is 6.22. The molecule has 2 aromatic heterocycles. The molecule has 126 valence electrons. The molecule has 0 saturated heterocycles. The number of para-hydroxylation sites is 2. The molecule has 0 aliphatic rings. The monoisotopic (exact) mass is 353 g/mol. The molecule has 0 spiro atoms. The van der Waals surface area contributed by atoms with E-state index < -0.39 is 0 Å². The van der Waals surface area contributed by atoms with E-state index in [0.717, 1.165) is 11.2 Å². The van der Waals surface area contributed by atoms with E-state index in [0.29, 0.717) is 35.1 Å². The normalized spacial score (nSPS) is 11.3. The van der Waals surface area contributed by atoms with Crippen molar-refractivity contribution >= 4 is 34.0 Å². The van der Waals surface area contributed by atoms with Crippen molar-refractivity contribution in [3.63, 3.8) is 0 Å². The summed E-state index contributed by atoms with van der Waals surface area (Å²) in [5.74, 6) is 1.26. The van der Waals surface area contributed by atoms with Crippen LogP contribution in [0.25, 0.3) is 16.7 Å². The van der Waals surface area contributed by atoms with Gasteiger partial charge in [-0.15, -0.1) is 10.2 Å². The molecule has 0 bridgehead atoms. The number of nitrogens with zero attached hydrogens (tertiary/aromatic N) is 4. The fourth-order valence-corrected chi connectivity index (χ4v) is 3.20. The van der Waals surface area contributed by atoms with Crippen LogP contribution in [0.4, 0.5) is 5.69 Å². The molecular weight excluding hydrogens is 338 g/mol. The Morgan fingerprint density at radius 2 is 1.84 bits per heavy atom. The first-order valence-corrected chi connectivity index (χ1v) is 8.42. The Morgan fingerprint density at radius 1 is 1.08 bits per heavy atom. The summed E-state index contributed by atoms with van der Waals surface area (Å²) >= 11 is 6.20. The molecule has 4 aromatic rings. The van der Waals surface area contributed by atoms with Crippen molar-refractivity contribution in [3.05, 3.63) is 69.7 Å². The highest BCUT2D eigenvalue weighted by Gasteiger charge is 2.15. The van der Waals surface area contributed by atoms with Crippen molar-refractivity contribution in [2.45, 2.75) is 20.0 Å². The molecule has 0 aliphatic heterocycles. The van der Waals surface area contributed by atoms with E-state index in [1.807, 2.05) is 59.9 Å². The molecule has 0 aliphatic carbocycles. The van der Waals surface area contributed by atoms with Crippen LogP contribution in [0.3, 0.4) is 0 Å². The van der Waals surface area contributed by atoms with Crippen molar-refractivity contribution in [2.75, 3.05) is 5.32 Å². The lowest BCUT2D eigenvalue weighted by Crippen LogP contribution is -2.22. The predicted octanol–water partition coefficient (Wildman–Crippen LogP) is 3.33. The van der Waals surface area contributed by atoms with Gasteiger partial charge in [-0.25, -0.2) is 0 Å². The highest BCUT2D eigenvalue weighted by atomic mass is 35.5. The highest BCUT2D eigenvalue weighted by Crippen LogP contribution is 2.21. The lowest BCUT2D eigenvalue weighted by Gasteiger charge is -2.11. The third-order valence-electron chi connectivity index (χ3n) is 4.20. The smallest absolute Gasteiger partial charge is 0.262 e. The van der Waals surface area contributed by atoms with Gasteiger partial charge in [-0.2, -0.15) is 0 Å². The number of aromatic nitrogens is 4. The van der Waals surface area contributed by atoms with Gasteiger partial charge >= 0.3 is 0 Å². The van der Waals surface area contributed by atoms with Crippen LogP contribution in [-0.4, -0.2) is 19.2 Å². The molecule has 2 heterocycles. The minimum atomic E-state index is -0.0522. The molecule has 1 N–H and O–H groups in total. The van der Waals surface area contributed by atoms with Gasteiger partial charge in [-0.05, 0) is 31.2 Å². The zero-order valence-electron chi connectivity index (χ0n) is 13.6. The lowest BCUT2D eigenvalue weighted by molar-refractivity contribution is 0.734. The standard InChI is InChI=1S/C18H16ClN5O/c1-2-23-17(25)12-7-3-6-10-15(12)24-16(21-22-18(23)24)11-20-14-9-5-4-8-13(14)19/h3-10,20H,2,11H2,1H3. The summed E-state index contributed by atoms with van der Waals surface area (Å²) in [5, 5.41) is 13.1. The fourth-order valence-electron chi connectivity index (χ4n) is 2.99. The fraction of sp³-hybridized carbons (Fsp3) is 0.167. The van der Waals surface area contributed by atoms with Gasteiger partial charge in [-0.3, -0.25) is 13.8 Å². The van der Waals surface area contributed by atoms with E-state index in [1.165, 1.54) is 0 Å². The van der Waals surface area contributed by atoms with E-state index in [-0.39, 0.29) is 5.56 Å². The van der Waals surface area contributed by atoms with Gasteiger partial charge in [0.1, 0.15) is 0 Å². The molecule has 7 heteroatoms. The molecule has 0 saturated carbocycles. The second-order valence-corrected chi connectivity index (χ2v) is 6.06. The number of rotatable bonds is 4. The molecule has 2 aromatic carbocycles. The molecule has 6 nitrogen and oxygen atoms in total. The summed E-state index contributed by atoms with van der Waals surface area (Å²) in [5.41, 5.74) is 1.57. The van der Waals surface area contributed by atoms with Crippen LogP contribution in [0.5, 0.6) is 0 Å². The number of benzene rings is 2. The average molecular weight is 354 g/mol. The molecule has 25 heavy (non-hydrogen) atoms. The maximum atomic E-state index is 12.7. The average Bonchev–Trinajstić information content (AvgIpc) is 3.05. The molecular formula is C18H16ClN5O. The zero-order chi connectivity index (χ0) is 17.4. The third kappa shape index (κ3) is 2.55. The van der Waals surface area contributed by atoms with Crippen molar-refractivity contribution < 1.29 is 0 Å². The molecule has 0 amide bonds. The number of fused-ring (bicyclic) bond motifs is 3. The van der Waals surface area contributed by atoms with Gasteiger partial charge in [0.05, 0.1) is 28.2 Å². The van der Waals surface area contributed by atoms with Gasteiger partial charge in [0.15, 0.2) is 5.82 Å². The first-order chi connectivity index (χ1) is 12.2. The SMILES string of the molecule is CCn1c(=O)c2ccccc2n2c(CNc3ccccc3Cl)nnc12. The van der Waals surface area contributed by atoms with E-state index in [9.17, 15) is 4.79 Å². The number of nitrogens with one attached hydrogen (secondary N) is 1. The Labute approximate surface area is 148 Å². The van der Waals surface area contributed by atoms with Crippen molar-refractivity contribution in [2.24, 2.45) is 0 Å². The summed E-state index contributed by atoms with van der Waals surface area (Å²) < 4.78 is 3.55. The number of halogens is 1. The quantitative estimate of drug-likeness (QED) is 0.611. The van der Waals surface area contributed by atoms with Gasteiger partial charge < -0.3 is 5.32 Å². The van der Waals surface area contributed by atoms with Crippen LogP contribution in [0.1, 0.15) is 12.7 Å². The van der Waals surface area contributed by atoms with E-state index in [2.05, 4.69) is 15.5 Å². The summed E-state index contributed by atoms with van der Waals surface area (Å²) in [6.45, 7) is 2.90. The first kappa shape index (κ1) is 15.7. The van der Waals surface area contributed by atoms with Crippen LogP contribution in [0, 0.1) is 0 Å². The van der Waals surface area contributed by atoms with Crippen molar-refractivity contribution in [1.29, 1.82) is 0 Å². The van der Waals surface area contributed by atoms with Crippen molar-refractivity contribution in [3.8, 4) is 0 Å². The maximum Gasteiger partial charge on any atom is 0.262 e. The van der Waals surface area contributed by atoms with Crippen LogP contribution >= 0.6 is 11.6 Å². The molecule has 0 radical (unpaired) electrons. The summed E-state index contributed by atoms with van der Waals surface area (Å²) in [7, 11) is 0. The largest absolute Gasteiger partial charge is 0.377 e. The number of anilines is 1. The van der Waals surface area contributed by atoms with Gasteiger partial charge in [-0.1, -0.05) is 35.9 Å². The Hall–Kier alpha value is -2.86. The number of hydrogen-bond donors (Lipinski definition) is 1. The minimum Gasteiger partial charge on any atom is -0.377 e. The summed E-state index contributed by atoms with van der Waals surface area (Å²) in [6, 6.07) is 15.0. The van der Waals surface area contributed by atoms with E-state index >= 15 is 0 Å². The maximum absolute atomic E-state index is 12.7. The first-order valence-electron chi connectivity index (χ1n) is 8.04. The van der Waals surface area contributed by atoms with E-state index in [4.69, 9.17) is 11.6 Å². The summed E-state index contributed by atoms with van der Waals surface area (Å²) in [4.78, 5) is 12.7. The number of aryl methyl sites for hydroxylation is 1. The Kier molecular flexibility index (Phi) is 3.89. The predicted molar refractivity (Wildman–Crippen MR) is 99.2 cm³/mol. The van der Waals surface area contributed by atoms with Gasteiger partial charge in [0.25, 0.3) is 5.56 Å². The Bertz CT molecular complexity index is 1130. The van der Waals surface area contributed by atoms with Gasteiger partial charge in [0, 0.05) is 6.54 Å². The zero-order valence-corrected chi connectivity index (χ0v) is 14.4.